The van der Waals surface area contributed by atoms with E-state index in [1.54, 1.807) is 11.3 Å². The Hall–Kier alpha value is -2.21. The predicted octanol–water partition coefficient (Wildman–Crippen LogP) is 4.89. The van der Waals surface area contributed by atoms with Crippen LogP contribution in [0, 0.1) is 5.92 Å². The molecule has 1 N–H and O–H groups in total. The smallest absolute Gasteiger partial charge is 0.264 e. The summed E-state index contributed by atoms with van der Waals surface area (Å²) in [6, 6.07) is 19.3. The van der Waals surface area contributed by atoms with Gasteiger partial charge in [-0.1, -0.05) is 42.5 Å². The lowest BCUT2D eigenvalue weighted by atomic mass is 9.68. The normalized spacial score (nSPS) is 21.4. The fourth-order valence-electron chi connectivity index (χ4n) is 6.29. The largest absolute Gasteiger partial charge is 0.333 e. The molecule has 2 aromatic carbocycles. The maximum Gasteiger partial charge on any atom is 0.264 e. The van der Waals surface area contributed by atoms with E-state index in [1.165, 1.54) is 53.7 Å². The third kappa shape index (κ3) is 4.11. The highest BCUT2D eigenvalue weighted by atomic mass is 32.1. The minimum absolute atomic E-state index is 0.0891. The Morgan fingerprint density at radius 2 is 1.79 bits per heavy atom. The summed E-state index contributed by atoms with van der Waals surface area (Å²) in [6.07, 6.45) is 4.90. The van der Waals surface area contributed by atoms with Crippen molar-refractivity contribution in [3.63, 3.8) is 0 Å². The van der Waals surface area contributed by atoms with Gasteiger partial charge in [-0.15, -0.1) is 11.3 Å². The standard InChI is InChI=1S/C28H33N3OS/c32-27(26-17-22-5-2-4-8-25(22)33-26)31-19-23-6-1-3-7-24(23)28(20-31)11-15-30(16-12-28)18-21-9-13-29-14-10-21/h1-8,17,21,29H,9-16,18-20H2. The van der Waals surface area contributed by atoms with E-state index < -0.39 is 0 Å². The molecule has 4 heterocycles. The molecule has 0 saturated carbocycles. The summed E-state index contributed by atoms with van der Waals surface area (Å²) >= 11 is 1.63. The Bertz CT molecular complexity index is 1110. The number of rotatable bonds is 3. The van der Waals surface area contributed by atoms with Crippen LogP contribution in [0.1, 0.15) is 46.5 Å². The quantitative estimate of drug-likeness (QED) is 0.606. The topological polar surface area (TPSA) is 35.6 Å². The number of likely N-dealkylation sites (tertiary alicyclic amines) is 1. The second-order valence-electron chi connectivity index (χ2n) is 10.2. The van der Waals surface area contributed by atoms with Gasteiger partial charge >= 0.3 is 0 Å². The maximum atomic E-state index is 13.7. The molecule has 4 nitrogen and oxygen atoms in total. The number of nitrogens with zero attached hydrogens (tertiary/aromatic N) is 2. The Morgan fingerprint density at radius 1 is 1.03 bits per heavy atom. The van der Waals surface area contributed by atoms with Crippen molar-refractivity contribution >= 4 is 27.3 Å². The third-order valence-electron chi connectivity index (χ3n) is 8.16. The number of carbonyl (C=O) groups is 1. The number of benzene rings is 2. The van der Waals surface area contributed by atoms with Gasteiger partial charge in [0.25, 0.3) is 5.91 Å². The highest BCUT2D eigenvalue weighted by molar-refractivity contribution is 7.20. The van der Waals surface area contributed by atoms with E-state index in [9.17, 15) is 4.79 Å². The summed E-state index contributed by atoms with van der Waals surface area (Å²) in [5.41, 5.74) is 2.92. The number of hydrogen-bond acceptors (Lipinski definition) is 4. The summed E-state index contributed by atoms with van der Waals surface area (Å²) in [5, 5.41) is 4.66. The van der Waals surface area contributed by atoms with Gasteiger partial charge in [0, 0.05) is 29.7 Å². The highest BCUT2D eigenvalue weighted by Crippen LogP contribution is 2.42. The van der Waals surface area contributed by atoms with Gasteiger partial charge in [0.15, 0.2) is 0 Å². The van der Waals surface area contributed by atoms with Gasteiger partial charge in [-0.05, 0) is 86.4 Å². The lowest BCUT2D eigenvalue weighted by molar-refractivity contribution is 0.0562. The molecule has 6 rings (SSSR count). The van der Waals surface area contributed by atoms with Crippen LogP contribution in [0.25, 0.3) is 10.1 Å². The van der Waals surface area contributed by atoms with E-state index in [0.717, 1.165) is 49.8 Å². The average molecular weight is 460 g/mol. The first kappa shape index (κ1) is 21.3. The Morgan fingerprint density at radius 3 is 2.61 bits per heavy atom. The predicted molar refractivity (Wildman–Crippen MR) is 136 cm³/mol. The molecule has 33 heavy (non-hydrogen) atoms. The Balaban J connectivity index is 1.23. The molecule has 1 amide bonds. The molecule has 0 atom stereocenters. The van der Waals surface area contributed by atoms with Gasteiger partial charge in [0.05, 0.1) is 4.88 Å². The number of fused-ring (bicyclic) bond motifs is 3. The van der Waals surface area contributed by atoms with Crippen LogP contribution in [0.5, 0.6) is 0 Å². The van der Waals surface area contributed by atoms with Gasteiger partial charge in [-0.25, -0.2) is 0 Å². The molecule has 3 aromatic rings. The van der Waals surface area contributed by atoms with Crippen LogP contribution in [0.15, 0.2) is 54.6 Å². The SMILES string of the molecule is O=C(c1cc2ccccc2s1)N1Cc2ccccc2C2(CCN(CC3CCNCC3)CC2)C1. The highest BCUT2D eigenvalue weighted by Gasteiger charge is 2.43. The monoisotopic (exact) mass is 459 g/mol. The van der Waals surface area contributed by atoms with Gasteiger partial charge in [-0.2, -0.15) is 0 Å². The fourth-order valence-corrected chi connectivity index (χ4v) is 7.33. The van der Waals surface area contributed by atoms with Crippen LogP contribution >= 0.6 is 11.3 Å². The second kappa shape index (κ2) is 8.86. The van der Waals surface area contributed by atoms with Crippen molar-refractivity contribution in [3.8, 4) is 0 Å². The molecule has 1 aromatic heterocycles. The molecule has 0 radical (unpaired) electrons. The van der Waals surface area contributed by atoms with Crippen molar-refractivity contribution in [2.75, 3.05) is 39.3 Å². The van der Waals surface area contributed by atoms with Crippen LogP contribution < -0.4 is 5.32 Å². The van der Waals surface area contributed by atoms with E-state index in [-0.39, 0.29) is 11.3 Å². The van der Waals surface area contributed by atoms with Gasteiger partial charge < -0.3 is 15.1 Å². The zero-order chi connectivity index (χ0) is 22.3. The van der Waals surface area contributed by atoms with Crippen molar-refractivity contribution in [1.82, 2.24) is 15.1 Å². The first-order chi connectivity index (χ1) is 16.2. The summed E-state index contributed by atoms with van der Waals surface area (Å²) in [4.78, 5) is 19.3. The van der Waals surface area contributed by atoms with Crippen molar-refractivity contribution in [3.05, 3.63) is 70.6 Å². The lowest BCUT2D eigenvalue weighted by Crippen LogP contribution is -2.53. The molecule has 1 spiro atoms. The summed E-state index contributed by atoms with van der Waals surface area (Å²) in [5.74, 6) is 1.03. The van der Waals surface area contributed by atoms with Crippen molar-refractivity contribution < 1.29 is 4.79 Å². The molecular weight excluding hydrogens is 426 g/mol. The Labute approximate surface area is 200 Å². The number of thiophene rings is 1. The first-order valence-electron chi connectivity index (χ1n) is 12.5. The number of amides is 1. The summed E-state index contributed by atoms with van der Waals surface area (Å²) in [6.45, 7) is 7.44. The number of carbonyl (C=O) groups excluding carboxylic acids is 1. The molecular formula is C28H33N3OS. The van der Waals surface area contributed by atoms with E-state index >= 15 is 0 Å². The molecule has 0 unspecified atom stereocenters. The lowest BCUT2D eigenvalue weighted by Gasteiger charge is -2.49. The van der Waals surface area contributed by atoms with E-state index in [1.807, 2.05) is 6.07 Å². The summed E-state index contributed by atoms with van der Waals surface area (Å²) < 4.78 is 1.19. The Kier molecular flexibility index (Phi) is 5.73. The zero-order valence-corrected chi connectivity index (χ0v) is 20.1. The number of piperidine rings is 2. The molecule has 172 valence electrons. The van der Waals surface area contributed by atoms with E-state index in [4.69, 9.17) is 0 Å². The summed E-state index contributed by atoms with van der Waals surface area (Å²) in [7, 11) is 0. The van der Waals surface area contributed by atoms with Gasteiger partial charge in [0.2, 0.25) is 0 Å². The van der Waals surface area contributed by atoms with Crippen LogP contribution in [0.4, 0.5) is 0 Å². The van der Waals surface area contributed by atoms with Crippen LogP contribution in [-0.4, -0.2) is 55.0 Å². The molecule has 0 aliphatic carbocycles. The van der Waals surface area contributed by atoms with Crippen LogP contribution in [-0.2, 0) is 12.0 Å². The molecule has 2 fully saturated rings. The number of hydrogen-bond donors (Lipinski definition) is 1. The maximum absolute atomic E-state index is 13.7. The van der Waals surface area contributed by atoms with E-state index in [2.05, 4.69) is 63.6 Å². The minimum atomic E-state index is 0.0891. The van der Waals surface area contributed by atoms with Crippen LogP contribution in [0.2, 0.25) is 0 Å². The van der Waals surface area contributed by atoms with Gasteiger partial charge in [0.1, 0.15) is 0 Å². The fraction of sp³-hybridized carbons (Fsp3) is 0.464. The molecule has 3 aliphatic heterocycles. The number of nitrogens with one attached hydrogen (secondary N) is 1. The van der Waals surface area contributed by atoms with Gasteiger partial charge in [-0.3, -0.25) is 4.79 Å². The van der Waals surface area contributed by atoms with Crippen molar-refractivity contribution in [2.24, 2.45) is 5.92 Å². The van der Waals surface area contributed by atoms with E-state index in [0.29, 0.717) is 0 Å². The van der Waals surface area contributed by atoms with Crippen LogP contribution in [0.3, 0.4) is 0 Å². The minimum Gasteiger partial charge on any atom is -0.333 e. The second-order valence-corrected chi connectivity index (χ2v) is 11.3. The third-order valence-corrected chi connectivity index (χ3v) is 9.26. The molecule has 2 saturated heterocycles. The van der Waals surface area contributed by atoms with Crippen molar-refractivity contribution in [2.45, 2.75) is 37.6 Å². The molecule has 5 heteroatoms. The average Bonchev–Trinajstić information content (AvgIpc) is 3.30. The molecule has 3 aliphatic rings. The zero-order valence-electron chi connectivity index (χ0n) is 19.3. The molecule has 0 bridgehead atoms. The van der Waals surface area contributed by atoms with Crippen molar-refractivity contribution in [1.29, 1.82) is 0 Å². The first-order valence-corrected chi connectivity index (χ1v) is 13.3.